The van der Waals surface area contributed by atoms with E-state index in [1.54, 1.807) is 48.5 Å². The van der Waals surface area contributed by atoms with Crippen molar-refractivity contribution in [2.24, 2.45) is 4.99 Å². The lowest BCUT2D eigenvalue weighted by Crippen LogP contribution is -2.05. The topological polar surface area (TPSA) is 57.1 Å². The van der Waals surface area contributed by atoms with Gasteiger partial charge in [-0.25, -0.2) is 14.2 Å². The molecule has 162 valence electrons. The maximum atomic E-state index is 13.9. The molecule has 0 unspecified atom stereocenters. The molecule has 0 N–H and O–H groups in total. The molecule has 1 aliphatic rings. The second-order valence-corrected chi connectivity index (χ2v) is 8.08. The van der Waals surface area contributed by atoms with Gasteiger partial charge in [-0.3, -0.25) is 0 Å². The third-order valence-electron chi connectivity index (χ3n) is 4.58. The fourth-order valence-corrected chi connectivity index (χ4v) is 3.71. The quantitative estimate of drug-likeness (QED) is 0.290. The number of carbonyl (C=O) groups is 1. The first kappa shape index (κ1) is 22.0. The van der Waals surface area contributed by atoms with E-state index in [-0.39, 0.29) is 34.8 Å². The van der Waals surface area contributed by atoms with Crippen LogP contribution in [0.15, 0.2) is 75.8 Å². The Morgan fingerprint density at radius 1 is 1.16 bits per heavy atom. The van der Waals surface area contributed by atoms with E-state index in [1.165, 1.54) is 13.2 Å². The van der Waals surface area contributed by atoms with Crippen molar-refractivity contribution in [1.82, 2.24) is 0 Å². The molecule has 0 aliphatic carbocycles. The minimum Gasteiger partial charge on any atom is -0.493 e. The van der Waals surface area contributed by atoms with Crippen LogP contribution in [0.4, 0.5) is 4.39 Å². The standard InChI is InChI=1S/C24H16BrClFNO4/c1-30-21-11-14(9-18(26)22(21)31-13-16-5-2-3-8-19(16)27)10-20-24(29)32-23(28-20)15-6-4-7-17(25)12-15/h2-12H,13H2,1H3/b20-10-. The molecule has 8 heteroatoms. The number of rotatable bonds is 6. The Hall–Kier alpha value is -3.16. The van der Waals surface area contributed by atoms with Crippen molar-refractivity contribution in [3.8, 4) is 11.5 Å². The molecule has 0 aromatic heterocycles. The third kappa shape index (κ3) is 4.84. The molecular weight excluding hydrogens is 501 g/mol. The third-order valence-corrected chi connectivity index (χ3v) is 5.35. The SMILES string of the molecule is COc1cc(/C=C2\N=C(c3cccc(Br)c3)OC2=O)cc(Cl)c1OCc1ccccc1F. The van der Waals surface area contributed by atoms with Crippen molar-refractivity contribution in [1.29, 1.82) is 0 Å². The zero-order valence-corrected chi connectivity index (χ0v) is 19.1. The fourth-order valence-electron chi connectivity index (χ4n) is 3.04. The maximum absolute atomic E-state index is 13.9. The van der Waals surface area contributed by atoms with E-state index in [1.807, 2.05) is 12.1 Å². The Balaban J connectivity index is 1.60. The Morgan fingerprint density at radius 3 is 2.72 bits per heavy atom. The van der Waals surface area contributed by atoms with Gasteiger partial charge >= 0.3 is 5.97 Å². The van der Waals surface area contributed by atoms with Gasteiger partial charge in [-0.1, -0.05) is 51.8 Å². The number of benzene rings is 3. The summed E-state index contributed by atoms with van der Waals surface area (Å²) >= 11 is 9.78. The summed E-state index contributed by atoms with van der Waals surface area (Å²) in [4.78, 5) is 16.6. The minimum atomic E-state index is -0.574. The van der Waals surface area contributed by atoms with Crippen molar-refractivity contribution in [2.75, 3.05) is 7.11 Å². The van der Waals surface area contributed by atoms with Crippen LogP contribution in [0.25, 0.3) is 6.08 Å². The van der Waals surface area contributed by atoms with Crippen LogP contribution in [0, 0.1) is 5.82 Å². The lowest BCUT2D eigenvalue weighted by molar-refractivity contribution is -0.129. The smallest absolute Gasteiger partial charge is 0.363 e. The van der Waals surface area contributed by atoms with Gasteiger partial charge in [0.15, 0.2) is 17.2 Å². The van der Waals surface area contributed by atoms with Crippen LogP contribution in [-0.4, -0.2) is 19.0 Å². The number of aliphatic imine (C=N–C) groups is 1. The molecule has 1 aliphatic heterocycles. The Morgan fingerprint density at radius 2 is 1.97 bits per heavy atom. The van der Waals surface area contributed by atoms with Crippen LogP contribution in [-0.2, 0) is 16.1 Å². The Labute approximate surface area is 197 Å². The largest absolute Gasteiger partial charge is 0.493 e. The van der Waals surface area contributed by atoms with Crippen molar-refractivity contribution >= 4 is 45.5 Å². The molecule has 0 amide bonds. The second-order valence-electron chi connectivity index (χ2n) is 6.76. The second kappa shape index (κ2) is 9.54. The molecule has 4 rings (SSSR count). The lowest BCUT2D eigenvalue weighted by Gasteiger charge is -2.13. The maximum Gasteiger partial charge on any atom is 0.363 e. The van der Waals surface area contributed by atoms with Crippen LogP contribution < -0.4 is 9.47 Å². The van der Waals surface area contributed by atoms with Crippen molar-refractivity contribution in [2.45, 2.75) is 6.61 Å². The molecule has 3 aromatic rings. The van der Waals surface area contributed by atoms with Gasteiger partial charge in [0.2, 0.25) is 5.90 Å². The summed E-state index contributed by atoms with van der Waals surface area (Å²) in [6.45, 7) is -0.0181. The van der Waals surface area contributed by atoms with Gasteiger partial charge in [0.1, 0.15) is 12.4 Å². The van der Waals surface area contributed by atoms with Gasteiger partial charge in [0.05, 0.1) is 12.1 Å². The first-order valence-electron chi connectivity index (χ1n) is 9.47. The molecule has 0 atom stereocenters. The summed E-state index contributed by atoms with van der Waals surface area (Å²) in [7, 11) is 1.46. The molecule has 1 heterocycles. The van der Waals surface area contributed by atoms with Crippen LogP contribution in [0.1, 0.15) is 16.7 Å². The average Bonchev–Trinajstić information content (AvgIpc) is 3.14. The highest BCUT2D eigenvalue weighted by Crippen LogP contribution is 2.38. The number of nitrogens with zero attached hydrogens (tertiary/aromatic N) is 1. The average molecular weight is 517 g/mol. The number of halogens is 3. The fraction of sp³-hybridized carbons (Fsp3) is 0.0833. The van der Waals surface area contributed by atoms with E-state index < -0.39 is 5.97 Å². The van der Waals surface area contributed by atoms with Crippen LogP contribution in [0.2, 0.25) is 5.02 Å². The van der Waals surface area contributed by atoms with Crippen LogP contribution in [0.3, 0.4) is 0 Å². The minimum absolute atomic E-state index is 0.0181. The van der Waals surface area contributed by atoms with Crippen LogP contribution in [0.5, 0.6) is 11.5 Å². The molecule has 0 saturated carbocycles. The summed E-state index contributed by atoms with van der Waals surface area (Å²) in [6.07, 6.45) is 1.54. The normalized spacial score (nSPS) is 14.3. The lowest BCUT2D eigenvalue weighted by atomic mass is 10.1. The van der Waals surface area contributed by atoms with Gasteiger partial charge in [-0.05, 0) is 48.0 Å². The Kier molecular flexibility index (Phi) is 6.58. The molecule has 32 heavy (non-hydrogen) atoms. The summed E-state index contributed by atoms with van der Waals surface area (Å²) < 4.78 is 31.1. The number of hydrogen-bond donors (Lipinski definition) is 0. The van der Waals surface area contributed by atoms with Gasteiger partial charge in [-0.15, -0.1) is 0 Å². The molecular formula is C24H16BrClFNO4. The Bertz CT molecular complexity index is 1260. The van der Waals surface area contributed by atoms with Gasteiger partial charge in [-0.2, -0.15) is 0 Å². The molecule has 0 spiro atoms. The zero-order valence-electron chi connectivity index (χ0n) is 16.8. The summed E-state index contributed by atoms with van der Waals surface area (Å²) in [6, 6.07) is 16.8. The monoisotopic (exact) mass is 515 g/mol. The zero-order chi connectivity index (χ0) is 22.7. The molecule has 3 aromatic carbocycles. The van der Waals surface area contributed by atoms with Gasteiger partial charge in [0.25, 0.3) is 0 Å². The predicted octanol–water partition coefficient (Wildman–Crippen LogP) is 6.17. The van der Waals surface area contributed by atoms with Gasteiger partial charge < -0.3 is 14.2 Å². The van der Waals surface area contributed by atoms with Crippen LogP contribution >= 0.6 is 27.5 Å². The van der Waals surface area contributed by atoms with Crippen molar-refractivity contribution in [3.05, 3.63) is 98.4 Å². The number of carbonyl (C=O) groups excluding carboxylic acids is 1. The number of methoxy groups -OCH3 is 1. The number of esters is 1. The molecule has 0 bridgehead atoms. The van der Waals surface area contributed by atoms with E-state index in [0.717, 1.165) is 4.47 Å². The van der Waals surface area contributed by atoms with E-state index in [0.29, 0.717) is 22.4 Å². The number of ether oxygens (including phenoxy) is 3. The highest BCUT2D eigenvalue weighted by Gasteiger charge is 2.24. The summed E-state index contributed by atoms with van der Waals surface area (Å²) in [5, 5.41) is 0.245. The van der Waals surface area contributed by atoms with E-state index >= 15 is 0 Å². The molecule has 0 fully saturated rings. The summed E-state index contributed by atoms with van der Waals surface area (Å²) in [5.41, 5.74) is 1.75. The summed E-state index contributed by atoms with van der Waals surface area (Å²) in [5.74, 6) is -0.127. The van der Waals surface area contributed by atoms with E-state index in [9.17, 15) is 9.18 Å². The van der Waals surface area contributed by atoms with E-state index in [4.69, 9.17) is 25.8 Å². The molecule has 5 nitrogen and oxygen atoms in total. The number of cyclic esters (lactones) is 1. The molecule has 0 radical (unpaired) electrons. The van der Waals surface area contributed by atoms with Crippen molar-refractivity contribution < 1.29 is 23.4 Å². The highest BCUT2D eigenvalue weighted by molar-refractivity contribution is 9.10. The molecule has 0 saturated heterocycles. The predicted molar refractivity (Wildman–Crippen MR) is 123 cm³/mol. The van der Waals surface area contributed by atoms with Gasteiger partial charge in [0, 0.05) is 15.6 Å². The first-order chi connectivity index (χ1) is 15.4. The highest BCUT2D eigenvalue weighted by atomic mass is 79.9. The number of hydrogen-bond acceptors (Lipinski definition) is 5. The van der Waals surface area contributed by atoms with Crippen molar-refractivity contribution in [3.63, 3.8) is 0 Å². The first-order valence-corrected chi connectivity index (χ1v) is 10.6. The van der Waals surface area contributed by atoms with E-state index in [2.05, 4.69) is 20.9 Å².